The van der Waals surface area contributed by atoms with Gasteiger partial charge >= 0.3 is 0 Å². The molecular formula is C14H20N2O4S. The van der Waals surface area contributed by atoms with Gasteiger partial charge in [0.1, 0.15) is 0 Å². The maximum absolute atomic E-state index is 12.0. The highest BCUT2D eigenvalue weighted by atomic mass is 32.2. The van der Waals surface area contributed by atoms with Crippen LogP contribution in [-0.2, 0) is 14.8 Å². The largest absolute Gasteiger partial charge is 0.375 e. The van der Waals surface area contributed by atoms with E-state index in [1.807, 2.05) is 6.92 Å². The van der Waals surface area contributed by atoms with Gasteiger partial charge in [0.15, 0.2) is 0 Å². The Morgan fingerprint density at radius 1 is 1.43 bits per heavy atom. The Hall–Kier alpha value is -1.70. The van der Waals surface area contributed by atoms with Crippen molar-refractivity contribution >= 4 is 15.9 Å². The van der Waals surface area contributed by atoms with E-state index in [0.717, 1.165) is 5.57 Å². The number of hydrogen-bond donors (Lipinski definition) is 2. The van der Waals surface area contributed by atoms with Gasteiger partial charge in [-0.2, -0.15) is 0 Å². The smallest absolute Gasteiger partial charge is 0.251 e. The van der Waals surface area contributed by atoms with Gasteiger partial charge in [0.05, 0.1) is 18.1 Å². The highest BCUT2D eigenvalue weighted by Crippen LogP contribution is 2.14. The van der Waals surface area contributed by atoms with Gasteiger partial charge in [0.2, 0.25) is 10.0 Å². The summed E-state index contributed by atoms with van der Waals surface area (Å²) in [5.74, 6) is -0.364. The molecule has 116 valence electrons. The second kappa shape index (κ2) is 7.35. The number of sulfonamides is 1. The number of benzene rings is 1. The highest BCUT2D eigenvalue weighted by Gasteiger charge is 2.14. The van der Waals surface area contributed by atoms with E-state index in [1.54, 1.807) is 13.0 Å². The molecule has 0 radical (unpaired) electrons. The number of carbonyl (C=O) groups is 1. The van der Waals surface area contributed by atoms with Crippen LogP contribution in [-0.4, -0.2) is 34.1 Å². The summed E-state index contributed by atoms with van der Waals surface area (Å²) >= 11 is 0. The molecule has 0 unspecified atom stereocenters. The minimum absolute atomic E-state index is 0.0863. The molecule has 0 spiro atoms. The summed E-state index contributed by atoms with van der Waals surface area (Å²) in [7, 11) is -3.83. The van der Waals surface area contributed by atoms with Crippen molar-refractivity contribution in [2.24, 2.45) is 5.14 Å². The standard InChI is InChI=1S/C14H20N2O4S/c1-10(2)9-20-7-6-16-14(17)13-8-12(21(15,18)19)5-4-11(13)3/h4-5,8H,1,6-7,9H2,2-3H3,(H,16,17)(H2,15,18,19). The Balaban J connectivity index is 2.68. The van der Waals surface area contributed by atoms with E-state index in [4.69, 9.17) is 9.88 Å². The number of nitrogens with one attached hydrogen (secondary N) is 1. The number of nitrogens with two attached hydrogens (primary N) is 1. The van der Waals surface area contributed by atoms with E-state index in [9.17, 15) is 13.2 Å². The minimum Gasteiger partial charge on any atom is -0.375 e. The lowest BCUT2D eigenvalue weighted by Gasteiger charge is -2.09. The number of carbonyl (C=O) groups excluding carboxylic acids is 1. The van der Waals surface area contributed by atoms with Crippen LogP contribution in [0.4, 0.5) is 0 Å². The van der Waals surface area contributed by atoms with Gasteiger partial charge in [-0.1, -0.05) is 18.2 Å². The van der Waals surface area contributed by atoms with Crippen molar-refractivity contribution < 1.29 is 17.9 Å². The van der Waals surface area contributed by atoms with Crippen molar-refractivity contribution in [3.05, 3.63) is 41.5 Å². The van der Waals surface area contributed by atoms with Gasteiger partial charge in [-0.05, 0) is 31.5 Å². The summed E-state index contributed by atoms with van der Waals surface area (Å²) in [6.07, 6.45) is 0. The van der Waals surface area contributed by atoms with Crippen LogP contribution >= 0.6 is 0 Å². The summed E-state index contributed by atoms with van der Waals surface area (Å²) in [6, 6.07) is 4.19. The van der Waals surface area contributed by atoms with E-state index in [-0.39, 0.29) is 16.4 Å². The summed E-state index contributed by atoms with van der Waals surface area (Å²) in [5, 5.41) is 7.72. The summed E-state index contributed by atoms with van der Waals surface area (Å²) in [5.41, 5.74) is 1.85. The van der Waals surface area contributed by atoms with Crippen LogP contribution in [0.15, 0.2) is 35.2 Å². The van der Waals surface area contributed by atoms with Crippen molar-refractivity contribution in [3.63, 3.8) is 0 Å². The van der Waals surface area contributed by atoms with Gasteiger partial charge in [0, 0.05) is 12.1 Å². The number of rotatable bonds is 7. The molecule has 0 aromatic heterocycles. The van der Waals surface area contributed by atoms with Crippen molar-refractivity contribution in [1.82, 2.24) is 5.32 Å². The molecule has 0 bridgehead atoms. The third kappa shape index (κ3) is 5.66. The van der Waals surface area contributed by atoms with Crippen molar-refractivity contribution in [3.8, 4) is 0 Å². The predicted molar refractivity (Wildman–Crippen MR) is 80.5 cm³/mol. The van der Waals surface area contributed by atoms with Crippen LogP contribution < -0.4 is 10.5 Å². The van der Waals surface area contributed by atoms with Gasteiger partial charge in [-0.15, -0.1) is 0 Å². The molecule has 0 atom stereocenters. The van der Waals surface area contributed by atoms with Crippen LogP contribution in [0.2, 0.25) is 0 Å². The lowest BCUT2D eigenvalue weighted by atomic mass is 10.1. The van der Waals surface area contributed by atoms with Crippen LogP contribution in [0.3, 0.4) is 0 Å². The summed E-state index contributed by atoms with van der Waals surface area (Å²) < 4.78 is 27.9. The van der Waals surface area contributed by atoms with Crippen molar-refractivity contribution in [2.75, 3.05) is 19.8 Å². The van der Waals surface area contributed by atoms with Crippen LogP contribution in [0.1, 0.15) is 22.8 Å². The summed E-state index contributed by atoms with van der Waals surface area (Å²) in [6.45, 7) is 8.39. The Kier molecular flexibility index (Phi) is 6.07. The van der Waals surface area contributed by atoms with Crippen LogP contribution in [0.5, 0.6) is 0 Å². The molecule has 3 N–H and O–H groups in total. The molecule has 1 aromatic rings. The zero-order valence-electron chi connectivity index (χ0n) is 12.2. The van der Waals surface area contributed by atoms with Crippen molar-refractivity contribution in [1.29, 1.82) is 0 Å². The molecular weight excluding hydrogens is 292 g/mol. The van der Waals surface area contributed by atoms with E-state index in [0.29, 0.717) is 25.3 Å². The monoisotopic (exact) mass is 312 g/mol. The van der Waals surface area contributed by atoms with E-state index in [2.05, 4.69) is 11.9 Å². The number of aryl methyl sites for hydroxylation is 1. The molecule has 0 aliphatic heterocycles. The predicted octanol–water partition coefficient (Wildman–Crippen LogP) is 0.965. The quantitative estimate of drug-likeness (QED) is 0.579. The number of hydrogen-bond acceptors (Lipinski definition) is 4. The lowest BCUT2D eigenvalue weighted by molar-refractivity contribution is 0.0926. The van der Waals surface area contributed by atoms with E-state index in [1.165, 1.54) is 12.1 Å². The van der Waals surface area contributed by atoms with Gasteiger partial charge < -0.3 is 10.1 Å². The number of ether oxygens (including phenoxy) is 1. The Morgan fingerprint density at radius 3 is 2.67 bits per heavy atom. The molecule has 1 amide bonds. The van der Waals surface area contributed by atoms with Gasteiger partial charge in [-0.25, -0.2) is 13.6 Å². The second-order valence-electron chi connectivity index (χ2n) is 4.79. The molecule has 6 nitrogen and oxygen atoms in total. The minimum atomic E-state index is -3.83. The zero-order chi connectivity index (χ0) is 16.0. The van der Waals surface area contributed by atoms with E-state index < -0.39 is 10.0 Å². The SMILES string of the molecule is C=C(C)COCCNC(=O)c1cc(S(N)(=O)=O)ccc1C. The molecule has 7 heteroatoms. The first-order valence-corrected chi connectivity index (χ1v) is 7.90. The summed E-state index contributed by atoms with van der Waals surface area (Å²) in [4.78, 5) is 11.9. The molecule has 1 aromatic carbocycles. The van der Waals surface area contributed by atoms with Gasteiger partial charge in [0.25, 0.3) is 5.91 Å². The van der Waals surface area contributed by atoms with E-state index >= 15 is 0 Å². The topological polar surface area (TPSA) is 98.5 Å². The van der Waals surface area contributed by atoms with Crippen LogP contribution in [0.25, 0.3) is 0 Å². The highest BCUT2D eigenvalue weighted by molar-refractivity contribution is 7.89. The molecule has 21 heavy (non-hydrogen) atoms. The normalized spacial score (nSPS) is 11.2. The first-order chi connectivity index (χ1) is 9.71. The third-order valence-electron chi connectivity index (χ3n) is 2.66. The fourth-order valence-corrected chi connectivity index (χ4v) is 2.14. The number of primary sulfonamides is 1. The molecule has 1 rings (SSSR count). The Labute approximate surface area is 125 Å². The van der Waals surface area contributed by atoms with Gasteiger partial charge in [-0.3, -0.25) is 4.79 Å². The molecule has 0 saturated carbocycles. The fraction of sp³-hybridized carbons (Fsp3) is 0.357. The zero-order valence-corrected chi connectivity index (χ0v) is 13.0. The lowest BCUT2D eigenvalue weighted by Crippen LogP contribution is -2.28. The average molecular weight is 312 g/mol. The molecule has 0 heterocycles. The Morgan fingerprint density at radius 2 is 2.10 bits per heavy atom. The third-order valence-corrected chi connectivity index (χ3v) is 3.57. The maximum atomic E-state index is 12.0. The van der Waals surface area contributed by atoms with Crippen molar-refractivity contribution in [2.45, 2.75) is 18.7 Å². The maximum Gasteiger partial charge on any atom is 0.251 e. The molecule has 0 saturated heterocycles. The fourth-order valence-electron chi connectivity index (χ4n) is 1.60. The van der Waals surface area contributed by atoms with Crippen LogP contribution in [0, 0.1) is 6.92 Å². The molecule has 0 aliphatic carbocycles. The molecule has 0 aliphatic rings. The molecule has 0 fully saturated rings. The number of amides is 1. The first-order valence-electron chi connectivity index (χ1n) is 6.35. The Bertz CT molecular complexity index is 638. The first kappa shape index (κ1) is 17.4. The second-order valence-corrected chi connectivity index (χ2v) is 6.35. The average Bonchev–Trinajstić information content (AvgIpc) is 2.36.